The van der Waals surface area contributed by atoms with Gasteiger partial charge in [0.1, 0.15) is 6.04 Å². The van der Waals surface area contributed by atoms with E-state index in [2.05, 4.69) is 22.3 Å². The van der Waals surface area contributed by atoms with E-state index in [-0.39, 0.29) is 10.7 Å². The first-order chi connectivity index (χ1) is 14.6. The van der Waals surface area contributed by atoms with Crippen LogP contribution in [-0.2, 0) is 27.9 Å². The van der Waals surface area contributed by atoms with Crippen LogP contribution in [0.4, 0.5) is 5.69 Å². The van der Waals surface area contributed by atoms with Crippen LogP contribution in [0.2, 0.25) is 10.0 Å². The van der Waals surface area contributed by atoms with Crippen molar-refractivity contribution in [3.63, 3.8) is 0 Å². The standard InChI is InChI=1S/C22H27Cl2N3O3S/c1-16(27(31(2,29)30)21-13-19(23)9-10-20(21)24)22(28)25-14-17-5-7-18(8-6-17)15-26-11-3-4-12-26/h5-10,13,16H,3-4,11-12,14-15H2,1-2H3,(H,25,28). The molecule has 0 bridgehead atoms. The largest absolute Gasteiger partial charge is 0.350 e. The molecule has 1 aliphatic rings. The van der Waals surface area contributed by atoms with Gasteiger partial charge in [-0.3, -0.25) is 14.0 Å². The number of carbonyl (C=O) groups is 1. The van der Waals surface area contributed by atoms with Gasteiger partial charge in [-0.05, 0) is 62.2 Å². The van der Waals surface area contributed by atoms with Crippen molar-refractivity contribution in [1.82, 2.24) is 10.2 Å². The molecule has 1 saturated heterocycles. The predicted octanol–water partition coefficient (Wildman–Crippen LogP) is 4.06. The number of benzene rings is 2. The van der Waals surface area contributed by atoms with E-state index in [1.807, 2.05) is 12.1 Å². The van der Waals surface area contributed by atoms with Crippen LogP contribution in [-0.4, -0.2) is 44.6 Å². The van der Waals surface area contributed by atoms with E-state index in [0.29, 0.717) is 11.6 Å². The van der Waals surface area contributed by atoms with Crippen molar-refractivity contribution in [3.05, 3.63) is 63.6 Å². The van der Waals surface area contributed by atoms with Crippen molar-refractivity contribution in [2.45, 2.75) is 38.9 Å². The summed E-state index contributed by atoms with van der Waals surface area (Å²) in [6, 6.07) is 11.6. The molecular formula is C22H27Cl2N3O3S. The smallest absolute Gasteiger partial charge is 0.243 e. The summed E-state index contributed by atoms with van der Waals surface area (Å²) in [6.07, 6.45) is 3.55. The van der Waals surface area contributed by atoms with Crippen LogP contribution >= 0.6 is 23.2 Å². The van der Waals surface area contributed by atoms with Gasteiger partial charge in [0.15, 0.2) is 0 Å². The molecule has 168 valence electrons. The molecular weight excluding hydrogens is 457 g/mol. The summed E-state index contributed by atoms with van der Waals surface area (Å²) >= 11 is 12.2. The van der Waals surface area contributed by atoms with Crippen molar-refractivity contribution in [3.8, 4) is 0 Å². The summed E-state index contributed by atoms with van der Waals surface area (Å²) in [5.41, 5.74) is 2.35. The van der Waals surface area contributed by atoms with Crippen molar-refractivity contribution in [2.75, 3.05) is 23.7 Å². The topological polar surface area (TPSA) is 69.7 Å². The molecule has 3 rings (SSSR count). The average Bonchev–Trinajstić information content (AvgIpc) is 3.22. The van der Waals surface area contributed by atoms with E-state index in [1.165, 1.54) is 37.5 Å². The Hall–Kier alpha value is -1.80. The number of anilines is 1. The van der Waals surface area contributed by atoms with Crippen LogP contribution in [0.3, 0.4) is 0 Å². The second-order valence-electron chi connectivity index (χ2n) is 7.85. The second-order valence-corrected chi connectivity index (χ2v) is 10.6. The Morgan fingerprint density at radius 1 is 1.10 bits per heavy atom. The van der Waals surface area contributed by atoms with Crippen LogP contribution in [0.25, 0.3) is 0 Å². The van der Waals surface area contributed by atoms with Gasteiger partial charge in [-0.2, -0.15) is 0 Å². The second kappa shape index (κ2) is 10.2. The fourth-order valence-corrected chi connectivity index (χ4v) is 5.34. The highest BCUT2D eigenvalue weighted by molar-refractivity contribution is 7.92. The van der Waals surface area contributed by atoms with E-state index in [4.69, 9.17) is 23.2 Å². The summed E-state index contributed by atoms with van der Waals surface area (Å²) in [6.45, 7) is 5.04. The molecule has 1 unspecified atom stereocenters. The van der Waals surface area contributed by atoms with Crippen molar-refractivity contribution in [2.24, 2.45) is 0 Å². The van der Waals surface area contributed by atoms with E-state index in [9.17, 15) is 13.2 Å². The Kier molecular flexibility index (Phi) is 7.86. The minimum Gasteiger partial charge on any atom is -0.350 e. The first-order valence-electron chi connectivity index (χ1n) is 10.2. The highest BCUT2D eigenvalue weighted by Crippen LogP contribution is 2.32. The lowest BCUT2D eigenvalue weighted by molar-refractivity contribution is -0.122. The number of hydrogen-bond acceptors (Lipinski definition) is 4. The lowest BCUT2D eigenvalue weighted by atomic mass is 10.1. The van der Waals surface area contributed by atoms with Crippen molar-refractivity contribution < 1.29 is 13.2 Å². The number of nitrogens with zero attached hydrogens (tertiary/aromatic N) is 2. The SMILES string of the molecule is CC(C(=O)NCc1ccc(CN2CCCC2)cc1)N(c1cc(Cl)ccc1Cl)S(C)(=O)=O. The number of amides is 1. The molecule has 1 fully saturated rings. The Morgan fingerprint density at radius 3 is 2.32 bits per heavy atom. The molecule has 0 aromatic heterocycles. The Labute approximate surface area is 194 Å². The molecule has 1 atom stereocenters. The fraction of sp³-hybridized carbons (Fsp3) is 0.409. The molecule has 31 heavy (non-hydrogen) atoms. The molecule has 2 aromatic rings. The van der Waals surface area contributed by atoms with E-state index in [1.54, 1.807) is 6.07 Å². The lowest BCUT2D eigenvalue weighted by Gasteiger charge is -2.29. The maximum atomic E-state index is 12.8. The van der Waals surface area contributed by atoms with Crippen LogP contribution in [0.15, 0.2) is 42.5 Å². The summed E-state index contributed by atoms with van der Waals surface area (Å²) in [5.74, 6) is -0.428. The van der Waals surface area contributed by atoms with Gasteiger partial charge in [-0.1, -0.05) is 47.5 Å². The van der Waals surface area contributed by atoms with Gasteiger partial charge in [0, 0.05) is 18.1 Å². The Morgan fingerprint density at radius 2 is 1.71 bits per heavy atom. The molecule has 0 aliphatic carbocycles. The number of rotatable bonds is 8. The molecule has 6 nitrogen and oxygen atoms in total. The predicted molar refractivity (Wildman–Crippen MR) is 126 cm³/mol. The zero-order valence-electron chi connectivity index (χ0n) is 17.6. The van der Waals surface area contributed by atoms with Gasteiger partial charge in [0.25, 0.3) is 0 Å². The Bertz CT molecular complexity index is 1020. The minimum absolute atomic E-state index is 0.172. The van der Waals surface area contributed by atoms with E-state index < -0.39 is 22.0 Å². The number of sulfonamides is 1. The highest BCUT2D eigenvalue weighted by Gasteiger charge is 2.30. The number of nitrogens with one attached hydrogen (secondary N) is 1. The van der Waals surface area contributed by atoms with Gasteiger partial charge < -0.3 is 5.32 Å². The maximum absolute atomic E-state index is 12.8. The van der Waals surface area contributed by atoms with Crippen LogP contribution < -0.4 is 9.62 Å². The fourth-order valence-electron chi connectivity index (χ4n) is 3.73. The zero-order chi connectivity index (χ0) is 22.6. The van der Waals surface area contributed by atoms with Crippen LogP contribution in [0.5, 0.6) is 0 Å². The summed E-state index contributed by atoms with van der Waals surface area (Å²) in [5, 5.41) is 3.34. The third kappa shape index (κ3) is 6.35. The molecule has 0 radical (unpaired) electrons. The van der Waals surface area contributed by atoms with Gasteiger partial charge >= 0.3 is 0 Å². The van der Waals surface area contributed by atoms with Crippen LogP contribution in [0, 0.1) is 0 Å². The molecule has 9 heteroatoms. The van der Waals surface area contributed by atoms with Gasteiger partial charge in [-0.25, -0.2) is 8.42 Å². The molecule has 0 spiro atoms. The zero-order valence-corrected chi connectivity index (χ0v) is 20.0. The summed E-state index contributed by atoms with van der Waals surface area (Å²) in [7, 11) is -3.78. The maximum Gasteiger partial charge on any atom is 0.243 e. The van der Waals surface area contributed by atoms with Crippen molar-refractivity contribution >= 4 is 44.8 Å². The van der Waals surface area contributed by atoms with Crippen molar-refractivity contribution in [1.29, 1.82) is 0 Å². The summed E-state index contributed by atoms with van der Waals surface area (Å²) in [4.78, 5) is 15.2. The molecule has 2 aromatic carbocycles. The van der Waals surface area contributed by atoms with E-state index in [0.717, 1.165) is 35.8 Å². The van der Waals surface area contributed by atoms with Gasteiger partial charge in [0.2, 0.25) is 15.9 Å². The Balaban J connectivity index is 1.66. The van der Waals surface area contributed by atoms with Gasteiger partial charge in [-0.15, -0.1) is 0 Å². The first-order valence-corrected chi connectivity index (χ1v) is 12.8. The summed E-state index contributed by atoms with van der Waals surface area (Å²) < 4.78 is 25.9. The number of carbonyl (C=O) groups excluding carboxylic acids is 1. The molecule has 0 saturated carbocycles. The number of likely N-dealkylation sites (tertiary alicyclic amines) is 1. The number of hydrogen-bond donors (Lipinski definition) is 1. The number of halogens is 2. The van der Waals surface area contributed by atoms with E-state index >= 15 is 0 Å². The minimum atomic E-state index is -3.78. The molecule has 1 aliphatic heterocycles. The van der Waals surface area contributed by atoms with Crippen LogP contribution in [0.1, 0.15) is 30.9 Å². The third-order valence-corrected chi connectivity index (χ3v) is 7.11. The normalized spacial score (nSPS) is 15.6. The molecule has 1 N–H and O–H groups in total. The quantitative estimate of drug-likeness (QED) is 0.614. The highest BCUT2D eigenvalue weighted by atomic mass is 35.5. The molecule has 1 amide bonds. The monoisotopic (exact) mass is 483 g/mol. The third-order valence-electron chi connectivity index (χ3n) is 5.33. The molecule has 1 heterocycles. The van der Waals surface area contributed by atoms with Gasteiger partial charge in [0.05, 0.1) is 17.0 Å². The average molecular weight is 484 g/mol. The first kappa shape index (κ1) is 23.9. The lowest BCUT2D eigenvalue weighted by Crippen LogP contribution is -2.47.